The summed E-state index contributed by atoms with van der Waals surface area (Å²) in [5.41, 5.74) is -0.273. The fourth-order valence-corrected chi connectivity index (χ4v) is 1.90. The molecular weight excluding hydrogens is 270 g/mol. The monoisotopic (exact) mass is 293 g/mol. The Kier molecular flexibility index (Phi) is 4.99. The molecule has 116 valence electrons. The van der Waals surface area contributed by atoms with Crippen LogP contribution in [0.25, 0.3) is 0 Å². The van der Waals surface area contributed by atoms with Crippen molar-refractivity contribution in [3.63, 3.8) is 0 Å². The van der Waals surface area contributed by atoms with Gasteiger partial charge in [0.25, 0.3) is 0 Å². The highest BCUT2D eigenvalue weighted by atomic mass is 16.6. The van der Waals surface area contributed by atoms with E-state index in [2.05, 4.69) is 5.32 Å². The first-order valence-electron chi connectivity index (χ1n) is 6.74. The smallest absolute Gasteiger partial charge is 0.408 e. The van der Waals surface area contributed by atoms with Crippen LogP contribution in [0.3, 0.4) is 0 Å². The molecule has 1 atom stereocenters. The van der Waals surface area contributed by atoms with Crippen molar-refractivity contribution < 1.29 is 19.1 Å². The van der Waals surface area contributed by atoms with E-state index in [0.717, 1.165) is 5.56 Å². The molecule has 21 heavy (non-hydrogen) atoms. The highest BCUT2D eigenvalue weighted by molar-refractivity contribution is 5.79. The van der Waals surface area contributed by atoms with Crippen molar-refractivity contribution in [2.75, 3.05) is 7.11 Å². The van der Waals surface area contributed by atoms with Crippen LogP contribution in [0.2, 0.25) is 0 Å². The molecule has 1 aromatic carbocycles. The summed E-state index contributed by atoms with van der Waals surface area (Å²) in [4.78, 5) is 23.5. The Balaban J connectivity index is 3.10. The quantitative estimate of drug-likeness (QED) is 0.867. The Morgan fingerprint density at radius 1 is 1.24 bits per heavy atom. The number of benzene rings is 1. The molecule has 1 rings (SSSR count). The number of amides is 1. The molecule has 0 aromatic heterocycles. The Labute approximate surface area is 125 Å². The number of aldehydes is 1. The molecule has 1 N–H and O–H groups in total. The third-order valence-electron chi connectivity index (χ3n) is 2.91. The molecule has 0 spiro atoms. The van der Waals surface area contributed by atoms with Gasteiger partial charge in [0.2, 0.25) is 0 Å². The predicted molar refractivity (Wildman–Crippen MR) is 80.5 cm³/mol. The third-order valence-corrected chi connectivity index (χ3v) is 2.91. The van der Waals surface area contributed by atoms with Gasteiger partial charge in [0.05, 0.1) is 7.11 Å². The summed E-state index contributed by atoms with van der Waals surface area (Å²) in [6.45, 7) is 8.81. The normalized spacial score (nSPS) is 14.0. The Morgan fingerprint density at radius 2 is 1.86 bits per heavy atom. The number of rotatable bonds is 4. The van der Waals surface area contributed by atoms with Crippen molar-refractivity contribution in [2.45, 2.75) is 45.8 Å². The van der Waals surface area contributed by atoms with Gasteiger partial charge in [-0.15, -0.1) is 0 Å². The van der Waals surface area contributed by atoms with Crippen molar-refractivity contribution in [1.29, 1.82) is 0 Å². The lowest BCUT2D eigenvalue weighted by atomic mass is 9.92. The molecule has 0 bridgehead atoms. The summed E-state index contributed by atoms with van der Waals surface area (Å²) in [7, 11) is 1.52. The number of methoxy groups -OCH3 is 1. The SMILES string of the molecule is COc1cc(C)ccc1C(C)(C=O)NC(=O)OC(C)(C)C. The van der Waals surface area contributed by atoms with Gasteiger partial charge >= 0.3 is 6.09 Å². The maximum atomic E-state index is 11.9. The first kappa shape index (κ1) is 17.0. The zero-order valence-corrected chi connectivity index (χ0v) is 13.4. The lowest BCUT2D eigenvalue weighted by molar-refractivity contribution is -0.113. The minimum Gasteiger partial charge on any atom is -0.496 e. The molecule has 5 nitrogen and oxygen atoms in total. The van der Waals surface area contributed by atoms with Gasteiger partial charge in [0, 0.05) is 5.56 Å². The average Bonchev–Trinajstić information content (AvgIpc) is 2.35. The van der Waals surface area contributed by atoms with E-state index >= 15 is 0 Å². The number of carbonyl (C=O) groups is 2. The van der Waals surface area contributed by atoms with Gasteiger partial charge in [0.1, 0.15) is 23.2 Å². The number of nitrogens with one attached hydrogen (secondary N) is 1. The standard InChI is InChI=1S/C16H23NO4/c1-11-7-8-12(13(9-11)20-6)16(5,10-18)17-14(19)21-15(2,3)4/h7-10H,1-6H3,(H,17,19). The van der Waals surface area contributed by atoms with Crippen LogP contribution in [0.5, 0.6) is 5.75 Å². The van der Waals surface area contributed by atoms with Gasteiger partial charge in [-0.1, -0.05) is 12.1 Å². The molecule has 0 fully saturated rings. The Hall–Kier alpha value is -2.04. The number of aryl methyl sites for hydroxylation is 1. The molecule has 0 aliphatic heterocycles. The fraction of sp³-hybridized carbons (Fsp3) is 0.500. The van der Waals surface area contributed by atoms with Crippen molar-refractivity contribution in [3.8, 4) is 5.75 Å². The van der Waals surface area contributed by atoms with Crippen LogP contribution in [0.15, 0.2) is 18.2 Å². The van der Waals surface area contributed by atoms with Crippen LogP contribution in [-0.2, 0) is 15.1 Å². The summed E-state index contributed by atoms with van der Waals surface area (Å²) >= 11 is 0. The van der Waals surface area contributed by atoms with Crippen LogP contribution < -0.4 is 10.1 Å². The zero-order valence-electron chi connectivity index (χ0n) is 13.4. The minimum atomic E-state index is -1.22. The fourth-order valence-electron chi connectivity index (χ4n) is 1.90. The highest BCUT2D eigenvalue weighted by Gasteiger charge is 2.33. The minimum absolute atomic E-state index is 0.542. The second-order valence-electron chi connectivity index (χ2n) is 6.15. The Morgan fingerprint density at radius 3 is 2.33 bits per heavy atom. The van der Waals surface area contributed by atoms with Gasteiger partial charge in [-0.25, -0.2) is 4.79 Å². The summed E-state index contributed by atoms with van der Waals surface area (Å²) < 4.78 is 10.5. The molecule has 0 aliphatic carbocycles. The Bertz CT molecular complexity index is 534. The van der Waals surface area contributed by atoms with Crippen molar-refractivity contribution in [1.82, 2.24) is 5.32 Å². The van der Waals surface area contributed by atoms with E-state index in [-0.39, 0.29) is 0 Å². The first-order valence-corrected chi connectivity index (χ1v) is 6.74. The van der Waals surface area contributed by atoms with E-state index in [1.165, 1.54) is 7.11 Å². The lowest BCUT2D eigenvalue weighted by Crippen LogP contribution is -2.47. The molecule has 1 amide bonds. The third kappa shape index (κ3) is 4.48. The van der Waals surface area contributed by atoms with E-state index in [4.69, 9.17) is 9.47 Å². The summed E-state index contributed by atoms with van der Waals surface area (Å²) in [5, 5.41) is 2.60. The van der Waals surface area contributed by atoms with Gasteiger partial charge in [-0.3, -0.25) is 0 Å². The molecule has 0 radical (unpaired) electrons. The molecule has 0 saturated heterocycles. The van der Waals surface area contributed by atoms with Crippen LogP contribution >= 0.6 is 0 Å². The summed E-state index contributed by atoms with van der Waals surface area (Å²) in [5.74, 6) is 0.542. The van der Waals surface area contributed by atoms with Crippen molar-refractivity contribution in [2.24, 2.45) is 0 Å². The highest BCUT2D eigenvalue weighted by Crippen LogP contribution is 2.30. The molecule has 0 aliphatic rings. The maximum Gasteiger partial charge on any atom is 0.408 e. The summed E-state index contributed by atoms with van der Waals surface area (Å²) in [6, 6.07) is 5.43. The largest absolute Gasteiger partial charge is 0.496 e. The lowest BCUT2D eigenvalue weighted by Gasteiger charge is -2.29. The van der Waals surface area contributed by atoms with E-state index in [0.29, 0.717) is 17.6 Å². The number of alkyl carbamates (subject to hydrolysis) is 1. The molecular formula is C16H23NO4. The van der Waals surface area contributed by atoms with Crippen LogP contribution in [0.1, 0.15) is 38.8 Å². The van der Waals surface area contributed by atoms with Crippen LogP contribution in [0.4, 0.5) is 4.79 Å². The van der Waals surface area contributed by atoms with Crippen molar-refractivity contribution >= 4 is 12.4 Å². The first-order chi connectivity index (χ1) is 9.61. The summed E-state index contributed by atoms with van der Waals surface area (Å²) in [6.07, 6.45) is 0.0177. The number of hydrogen-bond acceptors (Lipinski definition) is 4. The number of hydrogen-bond donors (Lipinski definition) is 1. The van der Waals surface area contributed by atoms with Gasteiger partial charge in [-0.05, 0) is 46.2 Å². The van der Waals surface area contributed by atoms with E-state index in [1.807, 2.05) is 19.1 Å². The second kappa shape index (κ2) is 6.16. The molecule has 0 saturated carbocycles. The zero-order chi connectivity index (χ0) is 16.3. The van der Waals surface area contributed by atoms with Crippen molar-refractivity contribution in [3.05, 3.63) is 29.3 Å². The van der Waals surface area contributed by atoms with E-state index in [1.54, 1.807) is 33.8 Å². The topological polar surface area (TPSA) is 64.6 Å². The molecule has 5 heteroatoms. The molecule has 1 unspecified atom stereocenters. The second-order valence-corrected chi connectivity index (χ2v) is 6.15. The van der Waals surface area contributed by atoms with E-state index in [9.17, 15) is 9.59 Å². The van der Waals surface area contributed by atoms with Gasteiger partial charge in [0.15, 0.2) is 0 Å². The number of ether oxygens (including phenoxy) is 2. The predicted octanol–water partition coefficient (Wildman–Crippen LogP) is 2.94. The number of carbonyl (C=O) groups excluding carboxylic acids is 2. The average molecular weight is 293 g/mol. The van der Waals surface area contributed by atoms with Crippen LogP contribution in [0, 0.1) is 6.92 Å². The van der Waals surface area contributed by atoms with E-state index < -0.39 is 17.2 Å². The maximum absolute atomic E-state index is 11.9. The van der Waals surface area contributed by atoms with Gasteiger partial charge < -0.3 is 19.6 Å². The van der Waals surface area contributed by atoms with Crippen LogP contribution in [-0.4, -0.2) is 25.1 Å². The molecule has 1 aromatic rings. The van der Waals surface area contributed by atoms with Gasteiger partial charge in [-0.2, -0.15) is 0 Å². The molecule has 0 heterocycles.